The molecule has 3 aromatic rings. The van der Waals surface area contributed by atoms with Crippen LogP contribution in [0.25, 0.3) is 11.0 Å². The van der Waals surface area contributed by atoms with Crippen molar-refractivity contribution in [2.75, 3.05) is 43.4 Å². The summed E-state index contributed by atoms with van der Waals surface area (Å²) in [6, 6.07) is 11.8. The molecule has 0 spiro atoms. The quantitative estimate of drug-likeness (QED) is 0.645. The number of fused-ring (bicyclic) bond motifs is 1. The van der Waals surface area contributed by atoms with Gasteiger partial charge >= 0.3 is 0 Å². The number of aromatic nitrogens is 3. The Morgan fingerprint density at radius 1 is 0.970 bits per heavy atom. The second-order valence-corrected chi connectivity index (χ2v) is 8.89. The molecule has 7 heteroatoms. The summed E-state index contributed by atoms with van der Waals surface area (Å²) in [4.78, 5) is 26.7. The van der Waals surface area contributed by atoms with Gasteiger partial charge in [-0.05, 0) is 62.7 Å². The van der Waals surface area contributed by atoms with Crippen LogP contribution in [0.5, 0.6) is 0 Å². The van der Waals surface area contributed by atoms with E-state index in [2.05, 4.69) is 70.5 Å². The van der Waals surface area contributed by atoms with Crippen LogP contribution in [-0.2, 0) is 6.54 Å². The van der Waals surface area contributed by atoms with Crippen LogP contribution in [0.3, 0.4) is 0 Å². The Morgan fingerprint density at radius 2 is 1.73 bits per heavy atom. The number of benzene rings is 1. The predicted molar refractivity (Wildman–Crippen MR) is 134 cm³/mol. The number of nitrogens with zero attached hydrogens (tertiary/aromatic N) is 5. The fourth-order valence-corrected chi connectivity index (χ4v) is 4.44. The highest BCUT2D eigenvalue weighted by Gasteiger charge is 2.15. The normalized spacial score (nSPS) is 17.1. The van der Waals surface area contributed by atoms with Crippen LogP contribution in [-0.4, -0.2) is 52.7 Å². The Kier molecular flexibility index (Phi) is 5.96. The van der Waals surface area contributed by atoms with Gasteiger partial charge < -0.3 is 15.1 Å². The molecule has 2 aromatic heterocycles. The van der Waals surface area contributed by atoms with Crippen LogP contribution in [0.4, 0.5) is 17.3 Å². The molecule has 0 atom stereocenters. The summed E-state index contributed by atoms with van der Waals surface area (Å²) in [7, 11) is 2.16. The fourth-order valence-electron chi connectivity index (χ4n) is 4.44. The first-order chi connectivity index (χ1) is 16.1. The van der Waals surface area contributed by atoms with Crippen molar-refractivity contribution in [2.24, 2.45) is 0 Å². The minimum atomic E-state index is -0.0528. The largest absolute Gasteiger partial charge is 0.369 e. The van der Waals surface area contributed by atoms with Gasteiger partial charge in [-0.1, -0.05) is 17.7 Å². The first-order valence-corrected chi connectivity index (χ1v) is 11.6. The van der Waals surface area contributed by atoms with Crippen molar-refractivity contribution in [1.82, 2.24) is 19.4 Å². The van der Waals surface area contributed by atoms with Crippen molar-refractivity contribution in [3.05, 3.63) is 76.2 Å². The SMILES string of the molecule is CC1=CCCC=C1Cn1c(=O)ccc2cnc(Nc3ccc(N4CCN(C)CC4)cc3)nc21. The zero-order chi connectivity index (χ0) is 22.8. The maximum atomic E-state index is 12.7. The molecule has 5 rings (SSSR count). The molecule has 1 aromatic carbocycles. The van der Waals surface area contributed by atoms with Crippen molar-refractivity contribution < 1.29 is 0 Å². The minimum absolute atomic E-state index is 0.0528. The van der Waals surface area contributed by atoms with Gasteiger partial charge in [0.25, 0.3) is 5.56 Å². The van der Waals surface area contributed by atoms with E-state index >= 15 is 0 Å². The second kappa shape index (κ2) is 9.19. The molecule has 1 aliphatic carbocycles. The lowest BCUT2D eigenvalue weighted by Crippen LogP contribution is -2.44. The van der Waals surface area contributed by atoms with Gasteiger partial charge in [-0.25, -0.2) is 4.98 Å². The molecule has 0 amide bonds. The molecule has 3 heterocycles. The molecule has 33 heavy (non-hydrogen) atoms. The summed E-state index contributed by atoms with van der Waals surface area (Å²) in [6.07, 6.45) is 8.31. The third-order valence-electron chi connectivity index (χ3n) is 6.56. The van der Waals surface area contributed by atoms with E-state index in [9.17, 15) is 4.79 Å². The van der Waals surface area contributed by atoms with Crippen LogP contribution in [0.1, 0.15) is 19.8 Å². The van der Waals surface area contributed by atoms with E-state index in [0.29, 0.717) is 18.1 Å². The zero-order valence-corrected chi connectivity index (χ0v) is 19.3. The number of pyridine rings is 1. The predicted octanol–water partition coefficient (Wildman–Crippen LogP) is 3.95. The molecule has 1 aliphatic heterocycles. The second-order valence-electron chi connectivity index (χ2n) is 8.89. The summed E-state index contributed by atoms with van der Waals surface area (Å²) in [5.41, 5.74) is 5.16. The number of hydrogen-bond acceptors (Lipinski definition) is 6. The summed E-state index contributed by atoms with van der Waals surface area (Å²) in [5, 5.41) is 4.15. The smallest absolute Gasteiger partial charge is 0.252 e. The molecule has 0 radical (unpaired) electrons. The Morgan fingerprint density at radius 3 is 2.48 bits per heavy atom. The monoisotopic (exact) mass is 442 g/mol. The van der Waals surface area contributed by atoms with Crippen molar-refractivity contribution in [3.63, 3.8) is 0 Å². The average Bonchev–Trinajstić information content (AvgIpc) is 2.83. The maximum absolute atomic E-state index is 12.7. The Balaban J connectivity index is 1.38. The van der Waals surface area contributed by atoms with Gasteiger partial charge in [0.15, 0.2) is 0 Å². The number of piperazine rings is 1. The summed E-state index contributed by atoms with van der Waals surface area (Å²) in [6.45, 7) is 6.88. The standard InChI is InChI=1S/C26H30N6O/c1-19-5-3-4-6-21(19)18-32-24(33)12-7-20-17-27-26(29-25(20)32)28-22-8-10-23(11-9-22)31-15-13-30(2)14-16-31/h5-12,17H,3-4,13-16,18H2,1-2H3,(H,27,28,29). The van der Waals surface area contributed by atoms with E-state index in [1.54, 1.807) is 22.9 Å². The molecule has 1 N–H and O–H groups in total. The number of likely N-dealkylation sites (N-methyl/N-ethyl adjacent to an activating group) is 1. The highest BCUT2D eigenvalue weighted by Crippen LogP contribution is 2.23. The first-order valence-electron chi connectivity index (χ1n) is 11.6. The summed E-state index contributed by atoms with van der Waals surface area (Å²) < 4.78 is 1.74. The Hall–Kier alpha value is -3.45. The van der Waals surface area contributed by atoms with Crippen LogP contribution < -0.4 is 15.8 Å². The van der Waals surface area contributed by atoms with Gasteiger partial charge in [0.2, 0.25) is 5.95 Å². The van der Waals surface area contributed by atoms with Gasteiger partial charge in [-0.2, -0.15) is 4.98 Å². The van der Waals surface area contributed by atoms with E-state index < -0.39 is 0 Å². The molecule has 2 aliphatic rings. The molecular weight excluding hydrogens is 412 g/mol. The highest BCUT2D eigenvalue weighted by atomic mass is 16.1. The van der Waals surface area contributed by atoms with Crippen LogP contribution in [0.2, 0.25) is 0 Å². The maximum Gasteiger partial charge on any atom is 0.252 e. The van der Waals surface area contributed by atoms with E-state index in [-0.39, 0.29) is 5.56 Å². The molecule has 0 unspecified atom stereocenters. The Bertz CT molecular complexity index is 1270. The van der Waals surface area contributed by atoms with E-state index in [1.165, 1.54) is 16.8 Å². The summed E-state index contributed by atoms with van der Waals surface area (Å²) in [5.74, 6) is 0.485. The molecule has 1 fully saturated rings. The van der Waals surface area contributed by atoms with Crippen LogP contribution >= 0.6 is 0 Å². The topological polar surface area (TPSA) is 66.3 Å². The number of rotatable bonds is 5. The molecule has 0 bridgehead atoms. The van der Waals surface area contributed by atoms with E-state index in [4.69, 9.17) is 4.98 Å². The lowest BCUT2D eigenvalue weighted by molar-refractivity contribution is 0.313. The summed E-state index contributed by atoms with van der Waals surface area (Å²) >= 11 is 0. The van der Waals surface area contributed by atoms with Gasteiger partial charge in [0.1, 0.15) is 5.65 Å². The number of anilines is 3. The molecule has 170 valence electrons. The van der Waals surface area contributed by atoms with E-state index in [0.717, 1.165) is 50.1 Å². The fraction of sp³-hybridized carbons (Fsp3) is 0.346. The lowest BCUT2D eigenvalue weighted by atomic mass is 9.99. The number of nitrogens with one attached hydrogen (secondary N) is 1. The van der Waals surface area contributed by atoms with Crippen LogP contribution in [0, 0.1) is 0 Å². The van der Waals surface area contributed by atoms with Crippen LogP contribution in [0.15, 0.2) is 70.7 Å². The molecular formula is C26H30N6O. The molecule has 0 saturated carbocycles. The van der Waals surface area contributed by atoms with E-state index in [1.807, 2.05) is 0 Å². The number of hydrogen-bond donors (Lipinski definition) is 1. The van der Waals surface area contributed by atoms with Crippen molar-refractivity contribution in [1.29, 1.82) is 0 Å². The van der Waals surface area contributed by atoms with Crippen molar-refractivity contribution in [2.45, 2.75) is 26.3 Å². The molecule has 1 saturated heterocycles. The van der Waals surface area contributed by atoms with Crippen molar-refractivity contribution in [3.8, 4) is 0 Å². The Labute approximate surface area is 194 Å². The zero-order valence-electron chi connectivity index (χ0n) is 19.3. The van der Waals surface area contributed by atoms with Gasteiger partial charge in [0.05, 0.1) is 6.54 Å². The van der Waals surface area contributed by atoms with Gasteiger partial charge in [-0.3, -0.25) is 9.36 Å². The van der Waals surface area contributed by atoms with Crippen molar-refractivity contribution >= 4 is 28.4 Å². The van der Waals surface area contributed by atoms with Gasteiger partial charge in [-0.15, -0.1) is 0 Å². The third-order valence-corrected chi connectivity index (χ3v) is 6.56. The van der Waals surface area contributed by atoms with Gasteiger partial charge in [0, 0.05) is 55.2 Å². The minimum Gasteiger partial charge on any atom is -0.369 e. The average molecular weight is 443 g/mol. The molecule has 7 nitrogen and oxygen atoms in total. The lowest BCUT2D eigenvalue weighted by Gasteiger charge is -2.34. The third kappa shape index (κ3) is 4.68. The number of allylic oxidation sites excluding steroid dienone is 4. The highest BCUT2D eigenvalue weighted by molar-refractivity contribution is 5.76. The first kappa shape index (κ1) is 21.4.